The number of hydrogen-bond acceptors (Lipinski definition) is 3. The van der Waals surface area contributed by atoms with Crippen LogP contribution >= 0.6 is 0 Å². The number of furan rings is 1. The van der Waals surface area contributed by atoms with Crippen LogP contribution < -0.4 is 5.32 Å². The van der Waals surface area contributed by atoms with E-state index >= 15 is 0 Å². The van der Waals surface area contributed by atoms with Crippen molar-refractivity contribution < 1.29 is 13.9 Å². The summed E-state index contributed by atoms with van der Waals surface area (Å²) in [6.07, 6.45) is 0.161. The van der Waals surface area contributed by atoms with Gasteiger partial charge < -0.3 is 14.8 Å². The van der Waals surface area contributed by atoms with Gasteiger partial charge >= 0.3 is 0 Å². The Morgan fingerprint density at radius 1 is 1.14 bits per heavy atom. The van der Waals surface area contributed by atoms with Crippen molar-refractivity contribution in [1.82, 2.24) is 5.32 Å². The number of rotatable bonds is 6. The maximum atomic E-state index is 12.9. The summed E-state index contributed by atoms with van der Waals surface area (Å²) in [7, 11) is 0. The number of nitrogens with one attached hydrogen (secondary N) is 1. The lowest BCUT2D eigenvalue weighted by molar-refractivity contribution is 0.128. The van der Waals surface area contributed by atoms with Gasteiger partial charge in [0.25, 0.3) is 0 Å². The van der Waals surface area contributed by atoms with Gasteiger partial charge in [-0.1, -0.05) is 19.1 Å². The Morgan fingerprint density at radius 2 is 1.81 bits per heavy atom. The Bertz CT molecular complexity index is 564. The molecule has 0 aliphatic carbocycles. The minimum absolute atomic E-state index is 0.00426. The van der Waals surface area contributed by atoms with Gasteiger partial charge in [-0.3, -0.25) is 0 Å². The Morgan fingerprint density at radius 3 is 2.38 bits per heavy atom. The summed E-state index contributed by atoms with van der Waals surface area (Å²) in [5.74, 6) is 1.50. The van der Waals surface area contributed by atoms with Crippen molar-refractivity contribution in [2.75, 3.05) is 0 Å². The third kappa shape index (κ3) is 3.93. The van der Waals surface area contributed by atoms with Gasteiger partial charge in [0.05, 0.1) is 12.1 Å². The quantitative estimate of drug-likeness (QED) is 0.852. The van der Waals surface area contributed by atoms with Crippen LogP contribution in [0.25, 0.3) is 0 Å². The second-order valence-corrected chi connectivity index (χ2v) is 5.33. The van der Waals surface area contributed by atoms with E-state index < -0.39 is 6.10 Å². The van der Waals surface area contributed by atoms with Crippen molar-refractivity contribution in [3.8, 4) is 0 Å². The first kappa shape index (κ1) is 15.7. The molecule has 21 heavy (non-hydrogen) atoms. The predicted molar refractivity (Wildman–Crippen MR) is 80.5 cm³/mol. The molecule has 1 aromatic carbocycles. The van der Waals surface area contributed by atoms with E-state index in [0.29, 0.717) is 5.56 Å². The lowest BCUT2D eigenvalue weighted by Gasteiger charge is -2.23. The van der Waals surface area contributed by atoms with Crippen LogP contribution in [0.4, 0.5) is 4.39 Å². The van der Waals surface area contributed by atoms with E-state index in [1.807, 2.05) is 32.9 Å². The molecule has 0 radical (unpaired) electrons. The molecule has 0 amide bonds. The second kappa shape index (κ2) is 6.87. The van der Waals surface area contributed by atoms with Gasteiger partial charge in [0.15, 0.2) is 0 Å². The molecule has 114 valence electrons. The van der Waals surface area contributed by atoms with E-state index in [4.69, 9.17) is 4.42 Å². The van der Waals surface area contributed by atoms with Crippen molar-refractivity contribution in [1.29, 1.82) is 0 Å². The van der Waals surface area contributed by atoms with Crippen molar-refractivity contribution >= 4 is 0 Å². The molecular formula is C17H22FNO2. The fourth-order valence-electron chi connectivity index (χ4n) is 2.33. The minimum Gasteiger partial charge on any atom is -0.464 e. The molecule has 1 aromatic heterocycles. The highest BCUT2D eigenvalue weighted by Gasteiger charge is 2.20. The van der Waals surface area contributed by atoms with Gasteiger partial charge in [-0.2, -0.15) is 0 Å². The molecule has 0 fully saturated rings. The first-order valence-electron chi connectivity index (χ1n) is 7.29. The lowest BCUT2D eigenvalue weighted by atomic mass is 10.0. The van der Waals surface area contributed by atoms with E-state index in [0.717, 1.165) is 17.9 Å². The van der Waals surface area contributed by atoms with Gasteiger partial charge in [-0.25, -0.2) is 4.39 Å². The normalized spacial score (nSPS) is 15.7. The van der Waals surface area contributed by atoms with E-state index in [-0.39, 0.29) is 17.9 Å². The summed E-state index contributed by atoms with van der Waals surface area (Å²) >= 11 is 0. The van der Waals surface area contributed by atoms with Gasteiger partial charge in [-0.05, 0) is 43.7 Å². The molecule has 0 saturated carbocycles. The minimum atomic E-state index is -0.700. The number of hydrogen-bond donors (Lipinski definition) is 2. The van der Waals surface area contributed by atoms with Crippen LogP contribution in [-0.4, -0.2) is 11.1 Å². The second-order valence-electron chi connectivity index (χ2n) is 5.33. The summed E-state index contributed by atoms with van der Waals surface area (Å²) in [4.78, 5) is 0. The molecule has 4 heteroatoms. The number of aryl methyl sites for hydroxylation is 1. The van der Waals surface area contributed by atoms with Crippen LogP contribution in [0.2, 0.25) is 0 Å². The smallest absolute Gasteiger partial charge is 0.123 e. The predicted octanol–water partition coefficient (Wildman–Crippen LogP) is 3.75. The molecular weight excluding hydrogens is 269 g/mol. The van der Waals surface area contributed by atoms with Crippen LogP contribution in [0, 0.1) is 5.82 Å². The summed E-state index contributed by atoms with van der Waals surface area (Å²) in [5.41, 5.74) is 0.692. The molecule has 0 aliphatic rings. The topological polar surface area (TPSA) is 45.4 Å². The maximum Gasteiger partial charge on any atom is 0.123 e. The molecule has 0 aliphatic heterocycles. The molecule has 3 unspecified atom stereocenters. The Balaban J connectivity index is 1.99. The first-order valence-corrected chi connectivity index (χ1v) is 7.29. The Labute approximate surface area is 124 Å². The zero-order valence-corrected chi connectivity index (χ0v) is 12.6. The van der Waals surface area contributed by atoms with E-state index in [9.17, 15) is 9.50 Å². The Kier molecular flexibility index (Phi) is 5.15. The summed E-state index contributed by atoms with van der Waals surface area (Å²) in [5, 5.41) is 13.6. The van der Waals surface area contributed by atoms with Crippen molar-refractivity contribution in [3.63, 3.8) is 0 Å². The SMILES string of the molecule is CCc1ccc(C(C)NC(C)C(O)c2ccc(F)cc2)o1. The fourth-order valence-corrected chi connectivity index (χ4v) is 2.33. The molecule has 2 N–H and O–H groups in total. The molecule has 1 heterocycles. The summed E-state index contributed by atoms with van der Waals surface area (Å²) in [6, 6.07) is 9.65. The van der Waals surface area contributed by atoms with Crippen LogP contribution in [0.15, 0.2) is 40.8 Å². The van der Waals surface area contributed by atoms with Crippen molar-refractivity contribution in [2.45, 2.75) is 45.4 Å². The van der Waals surface area contributed by atoms with E-state index in [1.165, 1.54) is 12.1 Å². The highest BCUT2D eigenvalue weighted by atomic mass is 19.1. The molecule has 3 atom stereocenters. The number of aliphatic hydroxyl groups is 1. The highest BCUT2D eigenvalue weighted by molar-refractivity contribution is 5.20. The van der Waals surface area contributed by atoms with E-state index in [1.54, 1.807) is 12.1 Å². The third-order valence-corrected chi connectivity index (χ3v) is 3.66. The van der Waals surface area contributed by atoms with Crippen molar-refractivity contribution in [3.05, 3.63) is 59.3 Å². The monoisotopic (exact) mass is 291 g/mol. The largest absolute Gasteiger partial charge is 0.464 e. The summed E-state index contributed by atoms with van der Waals surface area (Å²) < 4.78 is 18.6. The Hall–Kier alpha value is -1.65. The highest BCUT2D eigenvalue weighted by Crippen LogP contribution is 2.22. The standard InChI is InChI=1S/C17H22FNO2/c1-4-15-9-10-16(21-15)11(2)19-12(3)17(20)13-5-7-14(18)8-6-13/h5-12,17,19-20H,4H2,1-3H3. The average molecular weight is 291 g/mol. The number of halogens is 1. The summed E-state index contributed by atoms with van der Waals surface area (Å²) in [6.45, 7) is 5.93. The van der Waals surface area contributed by atoms with Gasteiger partial charge in [0.2, 0.25) is 0 Å². The molecule has 2 aromatic rings. The van der Waals surface area contributed by atoms with Gasteiger partial charge in [0, 0.05) is 12.5 Å². The zero-order chi connectivity index (χ0) is 15.4. The van der Waals surface area contributed by atoms with E-state index in [2.05, 4.69) is 5.32 Å². The fraction of sp³-hybridized carbons (Fsp3) is 0.412. The number of benzene rings is 1. The molecule has 3 nitrogen and oxygen atoms in total. The van der Waals surface area contributed by atoms with Crippen LogP contribution in [0.5, 0.6) is 0 Å². The van der Waals surface area contributed by atoms with Crippen LogP contribution in [-0.2, 0) is 6.42 Å². The van der Waals surface area contributed by atoms with Crippen LogP contribution in [0.1, 0.15) is 50.0 Å². The molecule has 0 spiro atoms. The zero-order valence-electron chi connectivity index (χ0n) is 12.6. The lowest BCUT2D eigenvalue weighted by Crippen LogP contribution is -2.34. The first-order chi connectivity index (χ1) is 10.0. The van der Waals surface area contributed by atoms with Crippen molar-refractivity contribution in [2.24, 2.45) is 0 Å². The molecule has 2 rings (SSSR count). The molecule has 0 saturated heterocycles. The molecule has 0 bridgehead atoms. The number of aliphatic hydroxyl groups excluding tert-OH is 1. The maximum absolute atomic E-state index is 12.9. The third-order valence-electron chi connectivity index (χ3n) is 3.66. The van der Waals surface area contributed by atoms with Crippen LogP contribution in [0.3, 0.4) is 0 Å². The van der Waals surface area contributed by atoms with Gasteiger partial charge in [-0.15, -0.1) is 0 Å². The van der Waals surface area contributed by atoms with Gasteiger partial charge in [0.1, 0.15) is 17.3 Å². The average Bonchev–Trinajstić information content (AvgIpc) is 2.96.